The number of thioether (sulfide) groups is 1. The van der Waals surface area contributed by atoms with Crippen LogP contribution in [-0.2, 0) is 7.05 Å². The zero-order chi connectivity index (χ0) is 10.1. The first kappa shape index (κ1) is 10.1. The van der Waals surface area contributed by atoms with Crippen LogP contribution in [-0.4, -0.2) is 21.1 Å². The standard InChI is InChI=1S/C10H17N3S/c1-7-5-10(13(2)12-7)14-9-4-3-8(11)6-9/h5,8-9H,3-4,6,11H2,1-2H3. The maximum atomic E-state index is 5.89. The third kappa shape index (κ3) is 2.12. The minimum Gasteiger partial charge on any atom is -0.328 e. The van der Waals surface area contributed by atoms with Gasteiger partial charge in [0.15, 0.2) is 0 Å². The molecule has 0 aromatic carbocycles. The van der Waals surface area contributed by atoms with Crippen molar-refractivity contribution >= 4 is 11.8 Å². The van der Waals surface area contributed by atoms with Crippen LogP contribution in [0, 0.1) is 6.92 Å². The van der Waals surface area contributed by atoms with E-state index in [-0.39, 0.29) is 0 Å². The van der Waals surface area contributed by atoms with Gasteiger partial charge in [0.1, 0.15) is 0 Å². The highest BCUT2D eigenvalue weighted by Crippen LogP contribution is 2.34. The van der Waals surface area contributed by atoms with E-state index in [2.05, 4.69) is 11.2 Å². The van der Waals surface area contributed by atoms with Crippen molar-refractivity contribution in [3.8, 4) is 0 Å². The summed E-state index contributed by atoms with van der Waals surface area (Å²) in [6, 6.07) is 2.57. The highest BCUT2D eigenvalue weighted by atomic mass is 32.2. The predicted octanol–water partition coefficient (Wildman–Crippen LogP) is 1.70. The monoisotopic (exact) mass is 211 g/mol. The zero-order valence-electron chi connectivity index (χ0n) is 8.73. The molecule has 14 heavy (non-hydrogen) atoms. The summed E-state index contributed by atoms with van der Waals surface area (Å²) in [5.74, 6) is 0. The van der Waals surface area contributed by atoms with Crippen LogP contribution in [0.15, 0.2) is 11.1 Å². The van der Waals surface area contributed by atoms with E-state index in [1.54, 1.807) is 0 Å². The molecule has 78 valence electrons. The lowest BCUT2D eigenvalue weighted by atomic mass is 10.3. The fraction of sp³-hybridized carbons (Fsp3) is 0.700. The van der Waals surface area contributed by atoms with Crippen LogP contribution in [0.2, 0.25) is 0 Å². The van der Waals surface area contributed by atoms with E-state index in [1.165, 1.54) is 17.9 Å². The van der Waals surface area contributed by atoms with E-state index >= 15 is 0 Å². The molecule has 1 fully saturated rings. The first-order valence-corrected chi connectivity index (χ1v) is 5.96. The Morgan fingerprint density at radius 1 is 1.57 bits per heavy atom. The fourth-order valence-corrected chi connectivity index (χ4v) is 3.32. The lowest BCUT2D eigenvalue weighted by Gasteiger charge is -2.08. The molecule has 0 spiro atoms. The van der Waals surface area contributed by atoms with Crippen LogP contribution in [0.4, 0.5) is 0 Å². The van der Waals surface area contributed by atoms with Crippen molar-refractivity contribution in [1.82, 2.24) is 9.78 Å². The molecule has 4 heteroatoms. The first-order chi connectivity index (χ1) is 6.65. The molecule has 1 aromatic rings. The van der Waals surface area contributed by atoms with Gasteiger partial charge in [0.25, 0.3) is 0 Å². The quantitative estimate of drug-likeness (QED) is 0.809. The van der Waals surface area contributed by atoms with E-state index in [9.17, 15) is 0 Å². The average molecular weight is 211 g/mol. The average Bonchev–Trinajstić information content (AvgIpc) is 2.61. The Morgan fingerprint density at radius 2 is 2.36 bits per heavy atom. The minimum atomic E-state index is 0.418. The predicted molar refractivity (Wildman–Crippen MR) is 59.4 cm³/mol. The summed E-state index contributed by atoms with van der Waals surface area (Å²) in [7, 11) is 2.00. The summed E-state index contributed by atoms with van der Waals surface area (Å²) in [5, 5.41) is 6.30. The van der Waals surface area contributed by atoms with E-state index in [1.807, 2.05) is 30.4 Å². The third-order valence-corrected chi connectivity index (χ3v) is 4.06. The van der Waals surface area contributed by atoms with E-state index in [4.69, 9.17) is 5.73 Å². The molecule has 0 radical (unpaired) electrons. The van der Waals surface area contributed by atoms with Crippen molar-refractivity contribution in [3.05, 3.63) is 11.8 Å². The van der Waals surface area contributed by atoms with Gasteiger partial charge in [-0.3, -0.25) is 4.68 Å². The number of hydrogen-bond donors (Lipinski definition) is 1. The Balaban J connectivity index is 2.00. The van der Waals surface area contributed by atoms with Crippen LogP contribution in [0.25, 0.3) is 0 Å². The molecule has 1 heterocycles. The summed E-state index contributed by atoms with van der Waals surface area (Å²) in [4.78, 5) is 0. The first-order valence-electron chi connectivity index (χ1n) is 5.08. The molecule has 3 nitrogen and oxygen atoms in total. The van der Waals surface area contributed by atoms with Gasteiger partial charge in [-0.2, -0.15) is 5.10 Å². The van der Waals surface area contributed by atoms with Gasteiger partial charge in [-0.15, -0.1) is 11.8 Å². The number of rotatable bonds is 2. The topological polar surface area (TPSA) is 43.8 Å². The Kier molecular flexibility index (Phi) is 2.83. The van der Waals surface area contributed by atoms with E-state index in [0.717, 1.165) is 12.1 Å². The van der Waals surface area contributed by atoms with Crippen LogP contribution < -0.4 is 5.73 Å². The highest BCUT2D eigenvalue weighted by molar-refractivity contribution is 7.99. The molecule has 2 unspecified atom stereocenters. The Morgan fingerprint density at radius 3 is 2.86 bits per heavy atom. The molecule has 0 bridgehead atoms. The normalized spacial score (nSPS) is 27.1. The summed E-state index contributed by atoms with van der Waals surface area (Å²) in [5.41, 5.74) is 6.98. The molecule has 1 aliphatic carbocycles. The molecule has 1 aliphatic rings. The number of nitrogens with zero attached hydrogens (tertiary/aromatic N) is 2. The Labute approximate surface area is 89.1 Å². The van der Waals surface area contributed by atoms with Gasteiger partial charge < -0.3 is 5.73 Å². The summed E-state index contributed by atoms with van der Waals surface area (Å²) < 4.78 is 1.96. The number of nitrogens with two attached hydrogens (primary N) is 1. The zero-order valence-corrected chi connectivity index (χ0v) is 9.55. The van der Waals surface area contributed by atoms with Gasteiger partial charge >= 0.3 is 0 Å². The molecule has 0 saturated heterocycles. The number of aromatic nitrogens is 2. The van der Waals surface area contributed by atoms with Gasteiger partial charge in [0.2, 0.25) is 0 Å². The van der Waals surface area contributed by atoms with Gasteiger partial charge in [0, 0.05) is 18.3 Å². The Hall–Kier alpha value is -0.480. The van der Waals surface area contributed by atoms with Crippen molar-refractivity contribution in [1.29, 1.82) is 0 Å². The van der Waals surface area contributed by atoms with Crippen LogP contribution in [0.1, 0.15) is 25.0 Å². The largest absolute Gasteiger partial charge is 0.328 e. The second-order valence-corrected chi connectivity index (χ2v) is 5.38. The molecular weight excluding hydrogens is 194 g/mol. The summed E-state index contributed by atoms with van der Waals surface area (Å²) in [6.07, 6.45) is 3.57. The fourth-order valence-electron chi connectivity index (χ4n) is 1.95. The second kappa shape index (κ2) is 3.95. The molecular formula is C10H17N3S. The number of aryl methyl sites for hydroxylation is 2. The third-order valence-electron chi connectivity index (χ3n) is 2.67. The molecule has 0 aliphatic heterocycles. The van der Waals surface area contributed by atoms with Gasteiger partial charge in [-0.25, -0.2) is 0 Å². The van der Waals surface area contributed by atoms with Gasteiger partial charge in [0.05, 0.1) is 10.7 Å². The van der Waals surface area contributed by atoms with Gasteiger partial charge in [-0.1, -0.05) is 0 Å². The van der Waals surface area contributed by atoms with Crippen molar-refractivity contribution in [3.63, 3.8) is 0 Å². The van der Waals surface area contributed by atoms with E-state index < -0.39 is 0 Å². The summed E-state index contributed by atoms with van der Waals surface area (Å²) >= 11 is 1.92. The minimum absolute atomic E-state index is 0.418. The second-order valence-electron chi connectivity index (χ2n) is 4.06. The Bertz CT molecular complexity index is 321. The van der Waals surface area contributed by atoms with Crippen molar-refractivity contribution in [2.24, 2.45) is 12.8 Å². The SMILES string of the molecule is Cc1cc(SC2CCC(N)C2)n(C)n1. The van der Waals surface area contributed by atoms with Crippen LogP contribution in [0.3, 0.4) is 0 Å². The molecule has 2 rings (SSSR count). The summed E-state index contributed by atoms with van der Waals surface area (Å²) in [6.45, 7) is 2.03. The molecule has 2 atom stereocenters. The van der Waals surface area contributed by atoms with Crippen molar-refractivity contribution in [2.45, 2.75) is 42.5 Å². The number of hydrogen-bond acceptors (Lipinski definition) is 3. The maximum absolute atomic E-state index is 5.89. The van der Waals surface area contributed by atoms with E-state index in [0.29, 0.717) is 11.3 Å². The van der Waals surface area contributed by atoms with Crippen molar-refractivity contribution < 1.29 is 0 Å². The van der Waals surface area contributed by atoms with Crippen molar-refractivity contribution in [2.75, 3.05) is 0 Å². The lowest BCUT2D eigenvalue weighted by molar-refractivity contribution is 0.687. The van der Waals surface area contributed by atoms with Crippen LogP contribution >= 0.6 is 11.8 Å². The molecule has 1 saturated carbocycles. The smallest absolute Gasteiger partial charge is 0.0942 e. The molecule has 2 N–H and O–H groups in total. The van der Waals surface area contributed by atoms with Gasteiger partial charge in [-0.05, 0) is 32.3 Å². The molecule has 1 aromatic heterocycles. The maximum Gasteiger partial charge on any atom is 0.0942 e. The lowest BCUT2D eigenvalue weighted by Crippen LogP contribution is -2.15. The highest BCUT2D eigenvalue weighted by Gasteiger charge is 2.23. The molecule has 0 amide bonds. The van der Waals surface area contributed by atoms with Crippen LogP contribution in [0.5, 0.6) is 0 Å².